The number of alkyl halides is 3. The Morgan fingerprint density at radius 1 is 0.975 bits per heavy atom. The first-order valence-electron chi connectivity index (χ1n) is 12.0. The Morgan fingerprint density at radius 3 is 2.48 bits per heavy atom. The van der Waals surface area contributed by atoms with Gasteiger partial charge < -0.3 is 20.3 Å². The number of anilines is 3. The number of fused-ring (bicyclic) bond motifs is 1. The number of amides is 2. The van der Waals surface area contributed by atoms with Gasteiger partial charge in [-0.3, -0.25) is 9.78 Å². The summed E-state index contributed by atoms with van der Waals surface area (Å²) in [6, 6.07) is 10.3. The van der Waals surface area contributed by atoms with Crippen LogP contribution >= 0.6 is 11.6 Å². The summed E-state index contributed by atoms with van der Waals surface area (Å²) in [5.74, 6) is -0.990. The number of benzene rings is 3. The van der Waals surface area contributed by atoms with Crippen LogP contribution in [-0.4, -0.2) is 48.1 Å². The quantitative estimate of drug-likeness (QED) is 0.219. The van der Waals surface area contributed by atoms with Crippen molar-refractivity contribution in [1.29, 1.82) is 0 Å². The number of nitrogens with zero attached hydrogens (tertiary/aromatic N) is 3. The minimum atomic E-state index is -4.66. The van der Waals surface area contributed by atoms with Crippen LogP contribution in [0.3, 0.4) is 0 Å². The first kappa shape index (κ1) is 27.3. The first-order valence-corrected chi connectivity index (χ1v) is 12.4. The van der Waals surface area contributed by atoms with E-state index in [4.69, 9.17) is 16.3 Å². The van der Waals surface area contributed by atoms with E-state index in [2.05, 4.69) is 20.6 Å². The lowest BCUT2D eigenvalue weighted by Crippen LogP contribution is -2.36. The van der Waals surface area contributed by atoms with Gasteiger partial charge in [-0.15, -0.1) is 0 Å². The summed E-state index contributed by atoms with van der Waals surface area (Å²) in [5.41, 5.74) is -0.529. The molecule has 3 aromatic carbocycles. The Kier molecular flexibility index (Phi) is 7.55. The molecule has 8 nitrogen and oxygen atoms in total. The third-order valence-electron chi connectivity index (χ3n) is 6.15. The number of carbonyl (C=O) groups is 2. The van der Waals surface area contributed by atoms with E-state index >= 15 is 4.39 Å². The molecular formula is C27H20ClF4N5O3. The molecule has 2 heterocycles. The van der Waals surface area contributed by atoms with Gasteiger partial charge in [0, 0.05) is 24.3 Å². The average Bonchev–Trinajstić information content (AvgIpc) is 2.93. The van der Waals surface area contributed by atoms with Crippen LogP contribution in [0, 0.1) is 5.82 Å². The number of hydrogen-bond acceptors (Lipinski definition) is 6. The zero-order chi connectivity index (χ0) is 28.4. The Labute approximate surface area is 229 Å². The van der Waals surface area contributed by atoms with Crippen molar-refractivity contribution < 1.29 is 31.9 Å². The van der Waals surface area contributed by atoms with E-state index in [9.17, 15) is 22.8 Å². The monoisotopic (exact) mass is 573 g/mol. The van der Waals surface area contributed by atoms with E-state index in [0.29, 0.717) is 43.2 Å². The molecule has 2 amide bonds. The second-order valence-corrected chi connectivity index (χ2v) is 9.21. The van der Waals surface area contributed by atoms with Gasteiger partial charge in [-0.05, 0) is 48.5 Å². The summed E-state index contributed by atoms with van der Waals surface area (Å²) in [4.78, 5) is 36.7. The van der Waals surface area contributed by atoms with Crippen LogP contribution in [0.25, 0.3) is 11.0 Å². The predicted octanol–water partition coefficient (Wildman–Crippen LogP) is 6.15. The van der Waals surface area contributed by atoms with Crippen LogP contribution in [0.15, 0.2) is 60.8 Å². The molecule has 206 valence electrons. The topological polar surface area (TPSA) is 96.5 Å². The van der Waals surface area contributed by atoms with Crippen molar-refractivity contribution in [3.8, 4) is 0 Å². The van der Waals surface area contributed by atoms with Crippen LogP contribution < -0.4 is 15.5 Å². The van der Waals surface area contributed by atoms with Gasteiger partial charge in [0.2, 0.25) is 0 Å². The fourth-order valence-corrected chi connectivity index (χ4v) is 4.44. The molecule has 0 bridgehead atoms. The third kappa shape index (κ3) is 5.82. The lowest BCUT2D eigenvalue weighted by Gasteiger charge is -2.27. The van der Waals surface area contributed by atoms with E-state index in [1.807, 2.05) is 4.90 Å². The Hall–Kier alpha value is -4.29. The van der Waals surface area contributed by atoms with Gasteiger partial charge in [-0.1, -0.05) is 17.7 Å². The number of nitrogens with one attached hydrogen (secondary N) is 2. The maximum atomic E-state index is 15.3. The fourth-order valence-electron chi connectivity index (χ4n) is 4.15. The molecule has 0 aliphatic carbocycles. The summed E-state index contributed by atoms with van der Waals surface area (Å²) in [5, 5.41) is 3.94. The summed E-state index contributed by atoms with van der Waals surface area (Å²) >= 11 is 5.68. The highest BCUT2D eigenvalue weighted by Gasteiger charge is 2.33. The van der Waals surface area contributed by atoms with Crippen molar-refractivity contribution in [2.75, 3.05) is 41.8 Å². The van der Waals surface area contributed by atoms with Gasteiger partial charge in [0.25, 0.3) is 0 Å². The van der Waals surface area contributed by atoms with Crippen molar-refractivity contribution in [3.05, 3.63) is 88.3 Å². The van der Waals surface area contributed by atoms with Crippen LogP contribution in [0.5, 0.6) is 0 Å². The molecule has 1 aliphatic heterocycles. The smallest absolute Gasteiger partial charge is 0.378 e. The van der Waals surface area contributed by atoms with Gasteiger partial charge in [-0.2, -0.15) is 13.2 Å². The van der Waals surface area contributed by atoms with Crippen LogP contribution in [0.4, 0.5) is 39.5 Å². The van der Waals surface area contributed by atoms with Crippen LogP contribution in [0.1, 0.15) is 21.5 Å². The number of hydrogen-bond donors (Lipinski definition) is 2. The van der Waals surface area contributed by atoms with E-state index in [-0.39, 0.29) is 22.5 Å². The number of ether oxygens (including phenoxy) is 1. The molecule has 1 aliphatic rings. The number of ketones is 1. The molecule has 4 aromatic rings. The zero-order valence-corrected chi connectivity index (χ0v) is 21.3. The lowest BCUT2D eigenvalue weighted by atomic mass is 10.0. The van der Waals surface area contributed by atoms with Crippen LogP contribution in [0.2, 0.25) is 5.02 Å². The molecule has 0 radical (unpaired) electrons. The Bertz CT molecular complexity index is 1610. The normalized spacial score (nSPS) is 13.8. The minimum absolute atomic E-state index is 0.0446. The molecule has 5 rings (SSSR count). The van der Waals surface area contributed by atoms with Crippen molar-refractivity contribution in [2.45, 2.75) is 6.18 Å². The number of rotatable bonds is 5. The largest absolute Gasteiger partial charge is 0.417 e. The number of urea groups is 1. The van der Waals surface area contributed by atoms with Crippen LogP contribution in [-0.2, 0) is 10.9 Å². The molecule has 13 heteroatoms. The standard InChI is InChI=1S/C27H20ClF4N5O3/c28-19-13-16(5-6-18(19)27(30,31)32)34-26(39)36-21-3-1-2-17(24(21)29)25(38)15-4-7-20-22(12-15)35-23(14-33-20)37-8-10-40-11-9-37/h1-7,12-14H,8-11H2,(H2,34,36,39). The van der Waals surface area contributed by atoms with Gasteiger partial charge in [0.05, 0.1) is 52.3 Å². The second-order valence-electron chi connectivity index (χ2n) is 8.80. The highest BCUT2D eigenvalue weighted by atomic mass is 35.5. The van der Waals surface area contributed by atoms with Crippen molar-refractivity contribution >= 4 is 51.6 Å². The number of morpholine rings is 1. The van der Waals surface area contributed by atoms with Gasteiger partial charge in [-0.25, -0.2) is 14.2 Å². The number of aromatic nitrogens is 2. The Balaban J connectivity index is 1.34. The molecular weight excluding hydrogens is 554 g/mol. The van der Waals surface area contributed by atoms with Gasteiger partial charge in [0.1, 0.15) is 5.82 Å². The van der Waals surface area contributed by atoms with E-state index < -0.39 is 34.4 Å². The van der Waals surface area contributed by atoms with Gasteiger partial charge in [0.15, 0.2) is 11.6 Å². The van der Waals surface area contributed by atoms with Crippen molar-refractivity contribution in [2.24, 2.45) is 0 Å². The van der Waals surface area contributed by atoms with E-state index in [1.54, 1.807) is 12.3 Å². The second kappa shape index (κ2) is 11.1. The summed E-state index contributed by atoms with van der Waals surface area (Å²) in [6.07, 6.45) is -3.01. The summed E-state index contributed by atoms with van der Waals surface area (Å²) in [7, 11) is 0. The van der Waals surface area contributed by atoms with E-state index in [0.717, 1.165) is 18.2 Å². The highest BCUT2D eigenvalue weighted by Crippen LogP contribution is 2.36. The van der Waals surface area contributed by atoms with E-state index in [1.165, 1.54) is 30.3 Å². The molecule has 0 saturated carbocycles. The summed E-state index contributed by atoms with van der Waals surface area (Å²) in [6.45, 7) is 2.45. The maximum Gasteiger partial charge on any atom is 0.417 e. The number of halogens is 5. The third-order valence-corrected chi connectivity index (χ3v) is 6.46. The molecule has 1 aromatic heterocycles. The lowest BCUT2D eigenvalue weighted by molar-refractivity contribution is -0.137. The SMILES string of the molecule is O=C(Nc1ccc(C(F)(F)F)c(Cl)c1)Nc1cccc(C(=O)c2ccc3ncc(N4CCOCC4)nc3c2)c1F. The highest BCUT2D eigenvalue weighted by molar-refractivity contribution is 6.31. The van der Waals surface area contributed by atoms with Crippen molar-refractivity contribution in [1.82, 2.24) is 9.97 Å². The number of carbonyl (C=O) groups excluding carboxylic acids is 2. The predicted molar refractivity (Wildman–Crippen MR) is 141 cm³/mol. The molecule has 2 N–H and O–H groups in total. The minimum Gasteiger partial charge on any atom is -0.378 e. The Morgan fingerprint density at radius 2 is 1.75 bits per heavy atom. The van der Waals surface area contributed by atoms with Gasteiger partial charge >= 0.3 is 12.2 Å². The fraction of sp³-hybridized carbons (Fsp3) is 0.185. The van der Waals surface area contributed by atoms with Crippen molar-refractivity contribution in [3.63, 3.8) is 0 Å². The maximum absolute atomic E-state index is 15.3. The average molecular weight is 574 g/mol. The molecule has 0 unspecified atom stereocenters. The molecule has 1 fully saturated rings. The molecule has 40 heavy (non-hydrogen) atoms. The molecule has 1 saturated heterocycles. The molecule has 0 atom stereocenters. The summed E-state index contributed by atoms with van der Waals surface area (Å²) < 4.78 is 59.4. The first-order chi connectivity index (χ1) is 19.1. The molecule has 0 spiro atoms. The zero-order valence-electron chi connectivity index (χ0n) is 20.6.